The highest BCUT2D eigenvalue weighted by Crippen LogP contribution is 2.41. The molecule has 2 aliphatic rings. The Morgan fingerprint density at radius 3 is 2.47 bits per heavy atom. The summed E-state index contributed by atoms with van der Waals surface area (Å²) in [6.45, 7) is 1.25. The van der Waals surface area contributed by atoms with E-state index in [1.165, 1.54) is 28.8 Å². The number of carbonyl (C=O) groups is 4. The van der Waals surface area contributed by atoms with Crippen molar-refractivity contribution in [1.82, 2.24) is 10.2 Å². The molecule has 0 bridgehead atoms. The minimum atomic E-state index is -0.867. The summed E-state index contributed by atoms with van der Waals surface area (Å²) < 4.78 is 5.16. The number of nitrogens with one attached hydrogen (secondary N) is 1. The lowest BCUT2D eigenvalue weighted by Crippen LogP contribution is -2.70. The van der Waals surface area contributed by atoms with Gasteiger partial charge in [0.1, 0.15) is 17.1 Å². The maximum absolute atomic E-state index is 12.9. The number of esters is 1. The van der Waals surface area contributed by atoms with Crippen LogP contribution in [0.15, 0.2) is 65.3 Å². The molecule has 2 aromatic carbocycles. The Hall–Kier alpha value is -2.81. The highest BCUT2D eigenvalue weighted by molar-refractivity contribution is 8.00. The summed E-state index contributed by atoms with van der Waals surface area (Å²) in [7, 11) is 0. The van der Waals surface area contributed by atoms with Crippen molar-refractivity contribution in [3.05, 3.63) is 81.5 Å². The number of halogens is 2. The number of hydrogen-bond acceptors (Lipinski definition) is 6. The summed E-state index contributed by atoms with van der Waals surface area (Å²) in [6.07, 6.45) is 0. The Morgan fingerprint density at radius 2 is 1.79 bits per heavy atom. The van der Waals surface area contributed by atoms with Gasteiger partial charge in [0, 0.05) is 16.3 Å². The summed E-state index contributed by atoms with van der Waals surface area (Å²) in [5.41, 5.74) is 1.07. The Labute approximate surface area is 210 Å². The lowest BCUT2D eigenvalue weighted by molar-refractivity contribution is -0.152. The van der Waals surface area contributed by atoms with E-state index in [2.05, 4.69) is 5.32 Å². The van der Waals surface area contributed by atoms with Crippen LogP contribution in [0.1, 0.15) is 28.8 Å². The molecular weight excluding hydrogens is 499 g/mol. The molecule has 176 valence electrons. The predicted octanol–water partition coefficient (Wildman–Crippen LogP) is 3.72. The number of hydrogen-bond donors (Lipinski definition) is 1. The second-order valence-corrected chi connectivity index (χ2v) is 9.79. The number of benzene rings is 2. The number of Topliss-reactive ketones (excluding diaryl/α,β-unsaturated/α-hetero) is 1. The number of carbonyl (C=O) groups excluding carboxylic acids is 4. The Bertz CT molecular complexity index is 1170. The molecule has 0 saturated carbocycles. The van der Waals surface area contributed by atoms with Crippen molar-refractivity contribution in [2.24, 2.45) is 0 Å². The number of β-lactam (4-membered cyclic amide) rings is 1. The molecule has 0 spiro atoms. The van der Waals surface area contributed by atoms with Gasteiger partial charge in [-0.2, -0.15) is 0 Å². The zero-order chi connectivity index (χ0) is 24.4. The molecule has 1 N–H and O–H groups in total. The fraction of sp³-hybridized carbons (Fsp3) is 0.250. The predicted molar refractivity (Wildman–Crippen MR) is 130 cm³/mol. The maximum Gasteiger partial charge on any atom is 0.356 e. The minimum absolute atomic E-state index is 0.0964. The van der Waals surface area contributed by atoms with Gasteiger partial charge in [0.15, 0.2) is 12.4 Å². The van der Waals surface area contributed by atoms with Gasteiger partial charge < -0.3 is 10.1 Å². The number of nitrogens with zero attached hydrogens (tertiary/aromatic N) is 1. The van der Waals surface area contributed by atoms with E-state index in [9.17, 15) is 19.2 Å². The first-order valence-corrected chi connectivity index (χ1v) is 12.2. The topological polar surface area (TPSA) is 92.8 Å². The second kappa shape index (κ2) is 10.2. The molecule has 2 unspecified atom stereocenters. The monoisotopic (exact) mass is 518 g/mol. The minimum Gasteiger partial charge on any atom is -0.453 e. The van der Waals surface area contributed by atoms with E-state index in [1.807, 2.05) is 30.3 Å². The standard InChI is InChI=1S/C24H20Cl2N2O5S/c1-13(14-5-3-2-4-6-14)21(30)27-19-22(31)28-20(17(26)12-34-23(19)28)24(32)33-11-18(29)15-7-9-16(25)10-8-15/h2-10,13,19,23H,11-12H2,1H3,(H,27,30)/t13?,19?,23-/m0/s1. The fourth-order valence-electron chi connectivity index (χ4n) is 3.66. The number of thioether (sulfide) groups is 1. The third-order valence-electron chi connectivity index (χ3n) is 5.61. The molecule has 2 aliphatic heterocycles. The third kappa shape index (κ3) is 4.85. The average Bonchev–Trinajstić information content (AvgIpc) is 2.85. The highest BCUT2D eigenvalue weighted by atomic mass is 35.5. The number of amides is 2. The van der Waals surface area contributed by atoms with Crippen LogP contribution in [0, 0.1) is 0 Å². The van der Waals surface area contributed by atoms with Crippen molar-refractivity contribution in [1.29, 1.82) is 0 Å². The fourth-order valence-corrected chi connectivity index (χ4v) is 5.33. The molecule has 0 aromatic heterocycles. The van der Waals surface area contributed by atoms with Crippen LogP contribution >= 0.6 is 35.0 Å². The van der Waals surface area contributed by atoms with Crippen LogP contribution < -0.4 is 5.32 Å². The van der Waals surface area contributed by atoms with Crippen LogP contribution in [-0.2, 0) is 19.1 Å². The normalized spacial score (nSPS) is 20.2. The van der Waals surface area contributed by atoms with Gasteiger partial charge in [-0.15, -0.1) is 11.8 Å². The molecule has 2 heterocycles. The van der Waals surface area contributed by atoms with Crippen LogP contribution in [0.25, 0.3) is 0 Å². The smallest absolute Gasteiger partial charge is 0.356 e. The van der Waals surface area contributed by atoms with Gasteiger partial charge >= 0.3 is 5.97 Å². The molecular formula is C24H20Cl2N2O5S. The van der Waals surface area contributed by atoms with Crippen molar-refractivity contribution in [2.45, 2.75) is 24.3 Å². The van der Waals surface area contributed by atoms with Crippen molar-refractivity contribution in [3.63, 3.8) is 0 Å². The van der Waals surface area contributed by atoms with E-state index in [4.69, 9.17) is 27.9 Å². The van der Waals surface area contributed by atoms with Crippen LogP contribution in [-0.4, -0.2) is 52.2 Å². The summed E-state index contributed by atoms with van der Waals surface area (Å²) in [5.74, 6) is -2.21. The average molecular weight is 519 g/mol. The first kappa shape index (κ1) is 24.3. The second-order valence-electron chi connectivity index (χ2n) is 7.79. The number of rotatable bonds is 7. The SMILES string of the molecule is CC(C(=O)NC1C(=O)N2C(C(=O)OCC(=O)c3ccc(Cl)cc3)=C(Cl)CS[C@@H]12)c1ccccc1. The summed E-state index contributed by atoms with van der Waals surface area (Å²) >= 11 is 13.4. The molecule has 3 atom stereocenters. The zero-order valence-corrected chi connectivity index (χ0v) is 20.3. The molecule has 1 saturated heterocycles. The van der Waals surface area contributed by atoms with E-state index in [0.29, 0.717) is 10.6 Å². The van der Waals surface area contributed by atoms with Gasteiger partial charge in [0.05, 0.1) is 11.0 Å². The van der Waals surface area contributed by atoms with Crippen LogP contribution in [0.4, 0.5) is 0 Å². The number of ketones is 1. The molecule has 2 amide bonds. The van der Waals surface area contributed by atoms with Gasteiger partial charge in [-0.1, -0.05) is 53.5 Å². The lowest BCUT2D eigenvalue weighted by atomic mass is 9.98. The number of fused-ring (bicyclic) bond motifs is 1. The zero-order valence-electron chi connectivity index (χ0n) is 18.0. The quantitative estimate of drug-likeness (QED) is 0.341. The van der Waals surface area contributed by atoms with Crippen LogP contribution in [0.2, 0.25) is 5.02 Å². The van der Waals surface area contributed by atoms with Gasteiger partial charge in [0.2, 0.25) is 5.91 Å². The van der Waals surface area contributed by atoms with Crippen LogP contribution in [0.5, 0.6) is 0 Å². The summed E-state index contributed by atoms with van der Waals surface area (Å²) in [5, 5.41) is 2.92. The Morgan fingerprint density at radius 1 is 1.12 bits per heavy atom. The van der Waals surface area contributed by atoms with E-state index in [-0.39, 0.29) is 22.4 Å². The maximum atomic E-state index is 12.9. The van der Waals surface area contributed by atoms with Gasteiger partial charge in [0.25, 0.3) is 5.91 Å². The Balaban J connectivity index is 1.39. The molecule has 0 aliphatic carbocycles. The van der Waals surface area contributed by atoms with Crippen molar-refractivity contribution in [2.75, 3.05) is 12.4 Å². The molecule has 7 nitrogen and oxygen atoms in total. The van der Waals surface area contributed by atoms with Gasteiger partial charge in [-0.25, -0.2) is 4.79 Å². The van der Waals surface area contributed by atoms with E-state index in [1.54, 1.807) is 19.1 Å². The molecule has 4 rings (SSSR count). The van der Waals surface area contributed by atoms with E-state index in [0.717, 1.165) is 5.56 Å². The van der Waals surface area contributed by atoms with E-state index >= 15 is 0 Å². The molecule has 2 aromatic rings. The molecule has 34 heavy (non-hydrogen) atoms. The Kier molecular flexibility index (Phi) is 7.30. The largest absolute Gasteiger partial charge is 0.453 e. The highest BCUT2D eigenvalue weighted by Gasteiger charge is 2.54. The lowest BCUT2D eigenvalue weighted by Gasteiger charge is -2.49. The molecule has 0 radical (unpaired) electrons. The van der Waals surface area contributed by atoms with Crippen molar-refractivity contribution in [3.8, 4) is 0 Å². The van der Waals surface area contributed by atoms with Gasteiger partial charge in [-0.3, -0.25) is 19.3 Å². The first-order valence-electron chi connectivity index (χ1n) is 10.4. The number of ether oxygens (including phenoxy) is 1. The van der Waals surface area contributed by atoms with Gasteiger partial charge in [-0.05, 0) is 36.8 Å². The molecule has 10 heteroatoms. The van der Waals surface area contributed by atoms with Crippen LogP contribution in [0.3, 0.4) is 0 Å². The van der Waals surface area contributed by atoms with Crippen molar-refractivity contribution < 1.29 is 23.9 Å². The summed E-state index contributed by atoms with van der Waals surface area (Å²) in [4.78, 5) is 51.8. The third-order valence-corrected chi connectivity index (χ3v) is 7.61. The molecule has 1 fully saturated rings. The first-order chi connectivity index (χ1) is 16.3. The van der Waals surface area contributed by atoms with E-state index < -0.39 is 41.6 Å². The summed E-state index contributed by atoms with van der Waals surface area (Å²) in [6, 6.07) is 14.6. The van der Waals surface area contributed by atoms with Crippen molar-refractivity contribution >= 4 is 58.5 Å².